The Labute approximate surface area is 194 Å². The van der Waals surface area contributed by atoms with Crippen molar-refractivity contribution in [1.29, 1.82) is 0 Å². The standard InChI is InChI=1S/C25H33N5O3/c1-17-9-8-10-18(13-17)15-26-22(31)20-14-21-23(32)29(3)25(2,16-30(21)28-20)24(33)27-19-11-6-4-5-7-12-19/h8-10,13-14,19H,4-7,11-12,15-16H2,1-3H3,(H,26,31)(H,27,33)/t25-/m0/s1. The lowest BCUT2D eigenvalue weighted by Gasteiger charge is -2.41. The number of amides is 3. The number of hydrogen-bond acceptors (Lipinski definition) is 4. The van der Waals surface area contributed by atoms with Gasteiger partial charge in [0.25, 0.3) is 11.8 Å². The van der Waals surface area contributed by atoms with Crippen molar-refractivity contribution in [2.75, 3.05) is 7.05 Å². The number of carbonyl (C=O) groups excluding carboxylic acids is 3. The van der Waals surface area contributed by atoms with Crippen LogP contribution in [-0.2, 0) is 17.9 Å². The number of rotatable bonds is 5. The molecule has 3 amide bonds. The van der Waals surface area contributed by atoms with Gasteiger partial charge < -0.3 is 15.5 Å². The van der Waals surface area contributed by atoms with Gasteiger partial charge in [-0.3, -0.25) is 19.1 Å². The number of nitrogens with one attached hydrogen (secondary N) is 2. The molecule has 0 saturated heterocycles. The fraction of sp³-hybridized carbons (Fsp3) is 0.520. The summed E-state index contributed by atoms with van der Waals surface area (Å²) in [4.78, 5) is 40.5. The molecule has 0 bridgehead atoms. The number of benzene rings is 1. The monoisotopic (exact) mass is 451 g/mol. The number of nitrogens with zero attached hydrogens (tertiary/aromatic N) is 3. The van der Waals surface area contributed by atoms with Gasteiger partial charge in [-0.05, 0) is 32.3 Å². The fourth-order valence-corrected chi connectivity index (χ4v) is 4.70. The third-order valence-electron chi connectivity index (χ3n) is 6.95. The molecule has 1 saturated carbocycles. The lowest BCUT2D eigenvalue weighted by molar-refractivity contribution is -0.133. The number of fused-ring (bicyclic) bond motifs is 1. The molecule has 1 aromatic carbocycles. The second kappa shape index (κ2) is 9.37. The number of aryl methyl sites for hydroxylation is 1. The van der Waals surface area contributed by atoms with Crippen LogP contribution in [0.25, 0.3) is 0 Å². The molecule has 0 spiro atoms. The Morgan fingerprint density at radius 3 is 2.58 bits per heavy atom. The highest BCUT2D eigenvalue weighted by Crippen LogP contribution is 2.27. The van der Waals surface area contributed by atoms with Crippen molar-refractivity contribution in [3.63, 3.8) is 0 Å². The van der Waals surface area contributed by atoms with E-state index in [4.69, 9.17) is 0 Å². The molecule has 2 heterocycles. The Hall–Kier alpha value is -3.16. The summed E-state index contributed by atoms with van der Waals surface area (Å²) in [6, 6.07) is 9.55. The summed E-state index contributed by atoms with van der Waals surface area (Å²) in [6.45, 7) is 4.34. The quantitative estimate of drug-likeness (QED) is 0.684. The maximum Gasteiger partial charge on any atom is 0.272 e. The Kier molecular flexibility index (Phi) is 6.54. The predicted molar refractivity (Wildman–Crippen MR) is 125 cm³/mol. The second-order valence-electron chi connectivity index (χ2n) is 9.54. The smallest absolute Gasteiger partial charge is 0.272 e. The molecule has 176 valence electrons. The molecular weight excluding hydrogens is 418 g/mol. The van der Waals surface area contributed by atoms with E-state index in [1.54, 1.807) is 14.0 Å². The average Bonchev–Trinajstić information content (AvgIpc) is 3.04. The molecule has 0 unspecified atom stereocenters. The van der Waals surface area contributed by atoms with Crippen LogP contribution >= 0.6 is 0 Å². The highest BCUT2D eigenvalue weighted by Gasteiger charge is 2.46. The molecule has 2 aliphatic rings. The van der Waals surface area contributed by atoms with Crippen molar-refractivity contribution in [3.05, 3.63) is 52.8 Å². The zero-order valence-electron chi connectivity index (χ0n) is 19.7. The van der Waals surface area contributed by atoms with Crippen LogP contribution in [0, 0.1) is 6.92 Å². The van der Waals surface area contributed by atoms with Gasteiger partial charge in [0.15, 0.2) is 5.69 Å². The van der Waals surface area contributed by atoms with Crippen LogP contribution in [0.2, 0.25) is 0 Å². The predicted octanol–water partition coefficient (Wildman–Crippen LogP) is 2.80. The van der Waals surface area contributed by atoms with Gasteiger partial charge in [0.1, 0.15) is 11.2 Å². The average molecular weight is 452 g/mol. The molecule has 2 N–H and O–H groups in total. The lowest BCUT2D eigenvalue weighted by Crippen LogP contribution is -2.63. The van der Waals surface area contributed by atoms with E-state index in [2.05, 4.69) is 15.7 Å². The van der Waals surface area contributed by atoms with E-state index in [0.29, 0.717) is 12.2 Å². The van der Waals surface area contributed by atoms with Gasteiger partial charge in [0, 0.05) is 25.7 Å². The summed E-state index contributed by atoms with van der Waals surface area (Å²) < 4.78 is 1.50. The summed E-state index contributed by atoms with van der Waals surface area (Å²) in [6.07, 6.45) is 6.57. The third kappa shape index (κ3) is 4.79. The highest BCUT2D eigenvalue weighted by atomic mass is 16.2. The summed E-state index contributed by atoms with van der Waals surface area (Å²) in [5.74, 6) is -0.833. The Morgan fingerprint density at radius 1 is 1.15 bits per heavy atom. The highest BCUT2D eigenvalue weighted by molar-refractivity contribution is 6.01. The van der Waals surface area contributed by atoms with E-state index >= 15 is 0 Å². The SMILES string of the molecule is Cc1cccc(CNC(=O)c2cc3n(n2)C[C@@](C)(C(=O)NC2CCCCCC2)N(C)C3=O)c1. The van der Waals surface area contributed by atoms with Gasteiger partial charge in [-0.25, -0.2) is 0 Å². The molecule has 1 aliphatic heterocycles. The largest absolute Gasteiger partial charge is 0.351 e. The van der Waals surface area contributed by atoms with Crippen LogP contribution < -0.4 is 10.6 Å². The van der Waals surface area contributed by atoms with Crippen LogP contribution in [0.4, 0.5) is 0 Å². The first-order valence-electron chi connectivity index (χ1n) is 11.8. The van der Waals surface area contributed by atoms with Gasteiger partial charge in [0.05, 0.1) is 6.54 Å². The van der Waals surface area contributed by atoms with Crippen molar-refractivity contribution < 1.29 is 14.4 Å². The maximum atomic E-state index is 13.3. The first kappa shape index (κ1) is 23.0. The molecule has 8 heteroatoms. The van der Waals surface area contributed by atoms with E-state index in [1.165, 1.54) is 28.5 Å². The summed E-state index contributed by atoms with van der Waals surface area (Å²) >= 11 is 0. The molecule has 4 rings (SSSR count). The van der Waals surface area contributed by atoms with E-state index in [0.717, 1.165) is 36.8 Å². The summed E-state index contributed by atoms with van der Waals surface area (Å²) in [7, 11) is 1.64. The fourth-order valence-electron chi connectivity index (χ4n) is 4.70. The number of aromatic nitrogens is 2. The number of hydrogen-bond donors (Lipinski definition) is 2. The van der Waals surface area contributed by atoms with Gasteiger partial charge in [-0.2, -0.15) is 5.10 Å². The van der Waals surface area contributed by atoms with Crippen molar-refractivity contribution in [2.24, 2.45) is 0 Å². The lowest BCUT2D eigenvalue weighted by atomic mass is 9.95. The van der Waals surface area contributed by atoms with Gasteiger partial charge in [-0.15, -0.1) is 0 Å². The Bertz CT molecular complexity index is 1050. The van der Waals surface area contributed by atoms with Gasteiger partial charge >= 0.3 is 0 Å². The van der Waals surface area contributed by atoms with Crippen molar-refractivity contribution in [3.8, 4) is 0 Å². The normalized spacial score (nSPS) is 21.3. The molecule has 1 fully saturated rings. The van der Waals surface area contributed by atoms with Crippen LogP contribution in [-0.4, -0.2) is 51.0 Å². The molecule has 1 atom stereocenters. The van der Waals surface area contributed by atoms with Crippen LogP contribution in [0.5, 0.6) is 0 Å². The first-order chi connectivity index (χ1) is 15.8. The zero-order chi connectivity index (χ0) is 23.6. The van der Waals surface area contributed by atoms with Crippen molar-refractivity contribution >= 4 is 17.7 Å². The molecule has 8 nitrogen and oxygen atoms in total. The summed E-state index contributed by atoms with van der Waals surface area (Å²) in [5.41, 5.74) is 1.53. The van der Waals surface area contributed by atoms with Gasteiger partial charge in [-0.1, -0.05) is 55.5 Å². The van der Waals surface area contributed by atoms with E-state index in [9.17, 15) is 14.4 Å². The number of carbonyl (C=O) groups is 3. The molecule has 33 heavy (non-hydrogen) atoms. The minimum absolute atomic E-state index is 0.141. The Morgan fingerprint density at radius 2 is 1.88 bits per heavy atom. The van der Waals surface area contributed by atoms with Crippen molar-refractivity contribution in [1.82, 2.24) is 25.3 Å². The molecule has 1 aliphatic carbocycles. The van der Waals surface area contributed by atoms with Crippen molar-refractivity contribution in [2.45, 2.75) is 77.0 Å². The van der Waals surface area contributed by atoms with Gasteiger partial charge in [0.2, 0.25) is 5.91 Å². The van der Waals surface area contributed by atoms with Crippen LogP contribution in [0.15, 0.2) is 30.3 Å². The number of likely N-dealkylation sites (N-methyl/N-ethyl adjacent to an activating group) is 1. The Balaban J connectivity index is 1.47. The summed E-state index contributed by atoms with van der Waals surface area (Å²) in [5, 5.41) is 10.4. The minimum atomic E-state index is -1.07. The van der Waals surface area contributed by atoms with E-state index in [-0.39, 0.29) is 36.0 Å². The van der Waals surface area contributed by atoms with Crippen LogP contribution in [0.3, 0.4) is 0 Å². The molecule has 1 aromatic heterocycles. The topological polar surface area (TPSA) is 96.3 Å². The van der Waals surface area contributed by atoms with E-state index in [1.807, 2.05) is 31.2 Å². The zero-order valence-corrected chi connectivity index (χ0v) is 19.7. The molecule has 2 aromatic rings. The second-order valence-corrected chi connectivity index (χ2v) is 9.54. The molecular formula is C25H33N5O3. The van der Waals surface area contributed by atoms with E-state index < -0.39 is 5.54 Å². The minimum Gasteiger partial charge on any atom is -0.351 e. The molecule has 0 radical (unpaired) electrons. The third-order valence-corrected chi connectivity index (χ3v) is 6.95. The first-order valence-corrected chi connectivity index (χ1v) is 11.8. The maximum absolute atomic E-state index is 13.3. The van der Waals surface area contributed by atoms with Crippen LogP contribution in [0.1, 0.15) is 77.6 Å².